The number of morpholine rings is 1. The molecule has 0 radical (unpaired) electrons. The lowest BCUT2D eigenvalue weighted by molar-refractivity contribution is -0.182. The first-order valence-electron chi connectivity index (χ1n) is 11.4. The summed E-state index contributed by atoms with van der Waals surface area (Å²) in [4.78, 5) is 18.0. The van der Waals surface area contributed by atoms with Gasteiger partial charge < -0.3 is 14.4 Å². The normalized spacial score (nSPS) is 27.4. The molecule has 1 saturated carbocycles. The first kappa shape index (κ1) is 17.3. The highest BCUT2D eigenvalue weighted by atomic mass is 19.4. The van der Waals surface area contributed by atoms with Crippen LogP contribution >= 0.6 is 0 Å². The summed E-state index contributed by atoms with van der Waals surface area (Å²) < 4.78 is 72.3. The Morgan fingerprint density at radius 1 is 1.30 bits per heavy atom. The zero-order valence-electron chi connectivity index (χ0n) is 19.5. The van der Waals surface area contributed by atoms with Gasteiger partial charge in [0.25, 0.3) is 0 Å². The van der Waals surface area contributed by atoms with Crippen molar-refractivity contribution >= 4 is 11.7 Å². The van der Waals surface area contributed by atoms with Crippen molar-refractivity contribution in [3.05, 3.63) is 29.2 Å². The lowest BCUT2D eigenvalue weighted by atomic mass is 9.80. The van der Waals surface area contributed by atoms with E-state index >= 15 is 0 Å². The molecule has 2 aromatic rings. The summed E-state index contributed by atoms with van der Waals surface area (Å²) in [5.41, 5.74) is 2.54. The third-order valence-corrected chi connectivity index (χ3v) is 5.95. The van der Waals surface area contributed by atoms with Gasteiger partial charge in [-0.1, -0.05) is 0 Å². The van der Waals surface area contributed by atoms with E-state index in [0.29, 0.717) is 35.6 Å². The van der Waals surface area contributed by atoms with E-state index in [1.807, 2.05) is 0 Å². The van der Waals surface area contributed by atoms with Gasteiger partial charge in [-0.3, -0.25) is 0 Å². The van der Waals surface area contributed by atoms with Crippen molar-refractivity contribution in [2.75, 3.05) is 26.7 Å². The van der Waals surface area contributed by atoms with E-state index in [1.54, 1.807) is 23.6 Å². The van der Waals surface area contributed by atoms with Crippen LogP contribution in [-0.2, 0) is 9.47 Å². The van der Waals surface area contributed by atoms with Gasteiger partial charge in [0, 0.05) is 24.2 Å². The predicted octanol–water partition coefficient (Wildman–Crippen LogP) is 4.01. The number of aryl methyl sites for hydroxylation is 1. The molecule has 2 fully saturated rings. The summed E-state index contributed by atoms with van der Waals surface area (Å²) in [6.07, 6.45) is -4.76. The molecule has 0 aromatic carbocycles. The number of hydrogen-bond acceptors (Lipinski definition) is 5. The van der Waals surface area contributed by atoms with Gasteiger partial charge in [-0.25, -0.2) is 14.3 Å². The third-order valence-electron chi connectivity index (χ3n) is 5.95. The molecule has 1 aliphatic heterocycles. The van der Waals surface area contributed by atoms with E-state index in [9.17, 15) is 18.0 Å². The number of rotatable bonds is 2. The summed E-state index contributed by atoms with van der Waals surface area (Å²) in [6, 6.07) is 3.56. The topological polar surface area (TPSA) is 69.0 Å². The molecular weight excluding hydrogens is 401 g/mol. The fourth-order valence-corrected chi connectivity index (χ4v) is 4.35. The monoisotopic (exact) mass is 429 g/mol. The summed E-state index contributed by atoms with van der Waals surface area (Å²) >= 11 is 0. The van der Waals surface area contributed by atoms with Gasteiger partial charge in [-0.05, 0) is 38.7 Å². The Balaban J connectivity index is 1.55. The highest BCUT2D eigenvalue weighted by molar-refractivity contribution is 5.67. The van der Waals surface area contributed by atoms with E-state index in [2.05, 4.69) is 14.8 Å². The Kier molecular flexibility index (Phi) is 4.65. The van der Waals surface area contributed by atoms with Gasteiger partial charge in [-0.2, -0.15) is 18.3 Å². The van der Waals surface area contributed by atoms with E-state index in [0.717, 1.165) is 0 Å². The summed E-state index contributed by atoms with van der Waals surface area (Å²) in [7, 11) is -2.84. The number of nitrogens with zero attached hydrogens (tertiary/aromatic N) is 4. The van der Waals surface area contributed by atoms with E-state index < -0.39 is 31.3 Å². The number of carbonyl (C=O) groups is 1. The van der Waals surface area contributed by atoms with E-state index in [1.165, 1.54) is 4.90 Å². The van der Waals surface area contributed by atoms with Crippen LogP contribution in [0.15, 0.2) is 12.1 Å². The molecule has 30 heavy (non-hydrogen) atoms. The number of hydrogen-bond donors (Lipinski definition) is 0. The van der Waals surface area contributed by atoms with E-state index in [-0.39, 0.29) is 38.5 Å². The zero-order valence-corrected chi connectivity index (χ0v) is 16.5. The molecule has 1 atom stereocenters. The molecule has 1 aliphatic carbocycles. The number of methoxy groups -OCH3 is 1. The van der Waals surface area contributed by atoms with Crippen molar-refractivity contribution in [3.63, 3.8) is 0 Å². The quantitative estimate of drug-likeness (QED) is 0.722. The lowest BCUT2D eigenvalue weighted by Gasteiger charge is -2.32. The number of alkyl halides is 3. The van der Waals surface area contributed by atoms with Crippen molar-refractivity contribution in [1.29, 1.82) is 0 Å². The fourth-order valence-electron chi connectivity index (χ4n) is 4.35. The van der Waals surface area contributed by atoms with Crippen LogP contribution in [0.5, 0.6) is 0 Å². The van der Waals surface area contributed by atoms with Crippen molar-refractivity contribution in [3.8, 4) is 0 Å². The third kappa shape index (κ3) is 4.10. The fraction of sp³-hybridized carbons (Fsp3) is 0.650. The average Bonchev–Trinajstić information content (AvgIpc) is 3.15. The molecule has 0 N–H and O–H groups in total. The summed E-state index contributed by atoms with van der Waals surface area (Å²) in [6.45, 7) is 2.23. The molecule has 4 rings (SSSR count). The molecule has 0 bridgehead atoms. The van der Waals surface area contributed by atoms with Gasteiger partial charge in [0.15, 0.2) is 5.65 Å². The molecule has 2 aromatic heterocycles. The zero-order chi connectivity index (χ0) is 24.0. The standard InChI is InChI=1S/C20H25F3N4O3/c1-12-9-16(17-11-26(7-8-30-17)19(28)29-2)27-18(24-12)10-15(25-27)13-3-5-14(6-4-13)20(21,22)23/h9-10,13-14,17H,3-8,11H2,1-2H3/t13-,14-,17-/m0/s1/i2D3. The minimum absolute atomic E-state index is 0.0688. The second kappa shape index (κ2) is 8.05. The van der Waals surface area contributed by atoms with Crippen molar-refractivity contribution in [1.82, 2.24) is 19.5 Å². The first-order chi connectivity index (χ1) is 15.4. The number of ether oxygens (including phenoxy) is 2. The number of fused-ring (bicyclic) bond motifs is 1. The van der Waals surface area contributed by atoms with Crippen molar-refractivity contribution < 1.29 is 31.6 Å². The second-order valence-electron chi connectivity index (χ2n) is 7.93. The molecule has 2 aliphatic rings. The van der Waals surface area contributed by atoms with Gasteiger partial charge in [-0.15, -0.1) is 0 Å². The maximum Gasteiger partial charge on any atom is 0.409 e. The molecule has 1 saturated heterocycles. The summed E-state index contributed by atoms with van der Waals surface area (Å²) in [5.74, 6) is -1.35. The van der Waals surface area contributed by atoms with Crippen LogP contribution in [-0.4, -0.2) is 58.5 Å². The lowest BCUT2D eigenvalue weighted by Crippen LogP contribution is -2.42. The van der Waals surface area contributed by atoms with Crippen LogP contribution in [0, 0.1) is 12.8 Å². The molecule has 0 unspecified atom stereocenters. The predicted molar refractivity (Wildman–Crippen MR) is 101 cm³/mol. The van der Waals surface area contributed by atoms with Gasteiger partial charge in [0.2, 0.25) is 0 Å². The molecule has 0 spiro atoms. The smallest absolute Gasteiger partial charge is 0.409 e. The van der Waals surface area contributed by atoms with Gasteiger partial charge in [0.05, 0.1) is 41.6 Å². The number of aromatic nitrogens is 3. The van der Waals surface area contributed by atoms with Crippen molar-refractivity contribution in [2.24, 2.45) is 5.92 Å². The highest BCUT2D eigenvalue weighted by Gasteiger charge is 2.42. The highest BCUT2D eigenvalue weighted by Crippen LogP contribution is 2.42. The maximum atomic E-state index is 13.0. The second-order valence-corrected chi connectivity index (χ2v) is 7.93. The maximum absolute atomic E-state index is 13.0. The van der Waals surface area contributed by atoms with Crippen LogP contribution in [0.25, 0.3) is 5.65 Å². The van der Waals surface area contributed by atoms with Crippen LogP contribution in [0.3, 0.4) is 0 Å². The van der Waals surface area contributed by atoms with Gasteiger partial charge in [0.1, 0.15) is 6.10 Å². The average molecular weight is 429 g/mol. The Hall–Kier alpha value is -2.36. The largest absolute Gasteiger partial charge is 0.453 e. The Labute approximate surface area is 176 Å². The number of halogens is 3. The number of carbonyl (C=O) groups excluding carboxylic acids is 1. The van der Waals surface area contributed by atoms with Crippen LogP contribution < -0.4 is 0 Å². The van der Waals surface area contributed by atoms with Crippen LogP contribution in [0.2, 0.25) is 0 Å². The minimum atomic E-state index is -4.17. The van der Waals surface area contributed by atoms with Crippen LogP contribution in [0.1, 0.15) is 58.9 Å². The molecule has 164 valence electrons. The summed E-state index contributed by atoms with van der Waals surface area (Å²) in [5, 5.41) is 4.64. The Bertz CT molecular complexity index is 1020. The molecule has 7 nitrogen and oxygen atoms in total. The first-order valence-corrected chi connectivity index (χ1v) is 9.94. The SMILES string of the molecule is [2H]C([2H])([2H])OC(=O)N1CCO[C@H](c2cc(C)nc3cc([C@H]4CC[C@H](C(F)(F)F)CC4)nn23)C1. The number of amides is 1. The minimum Gasteiger partial charge on any atom is -0.453 e. The van der Waals surface area contributed by atoms with Crippen LogP contribution in [0.4, 0.5) is 18.0 Å². The van der Waals surface area contributed by atoms with Gasteiger partial charge >= 0.3 is 12.3 Å². The molecule has 3 heterocycles. The molecule has 1 amide bonds. The Morgan fingerprint density at radius 3 is 2.77 bits per heavy atom. The van der Waals surface area contributed by atoms with Crippen molar-refractivity contribution in [2.45, 2.75) is 50.8 Å². The molecule has 10 heteroatoms. The van der Waals surface area contributed by atoms with E-state index in [4.69, 9.17) is 8.85 Å². The Morgan fingerprint density at radius 2 is 2.07 bits per heavy atom. The molecular formula is C20H25F3N4O3.